The Morgan fingerprint density at radius 2 is 2.14 bits per heavy atom. The summed E-state index contributed by atoms with van der Waals surface area (Å²) < 4.78 is 1.72. The molecule has 1 fully saturated rings. The lowest BCUT2D eigenvalue weighted by Gasteiger charge is -2.41. The average Bonchev–Trinajstić information content (AvgIpc) is 2.75. The second-order valence-corrected chi connectivity index (χ2v) is 6.57. The third kappa shape index (κ3) is 2.54. The minimum Gasteiger partial charge on any atom is -0.350 e. The van der Waals surface area contributed by atoms with Crippen molar-refractivity contribution < 1.29 is 9.59 Å². The molecule has 1 aliphatic heterocycles. The van der Waals surface area contributed by atoms with Gasteiger partial charge in [0.2, 0.25) is 11.8 Å². The molecule has 3 rings (SSSR count). The van der Waals surface area contributed by atoms with Gasteiger partial charge in [-0.1, -0.05) is 0 Å². The molecule has 0 bridgehead atoms. The topological polar surface area (TPSA) is 67.2 Å². The molecule has 2 amide bonds. The molecule has 0 saturated heterocycles. The summed E-state index contributed by atoms with van der Waals surface area (Å²) in [6, 6.07) is 0. The molecule has 1 atom stereocenters. The first-order valence-corrected chi connectivity index (χ1v) is 7.48. The number of aromatic nitrogens is 2. The Hall–Kier alpha value is -1.85. The van der Waals surface area contributed by atoms with Crippen molar-refractivity contribution in [3.8, 4) is 0 Å². The van der Waals surface area contributed by atoms with Crippen LogP contribution in [0.4, 0.5) is 0 Å². The summed E-state index contributed by atoms with van der Waals surface area (Å²) in [6.07, 6.45) is 5.11. The third-order valence-corrected chi connectivity index (χ3v) is 4.68. The van der Waals surface area contributed by atoms with Gasteiger partial charge in [-0.2, -0.15) is 5.10 Å². The Balaban J connectivity index is 1.85. The fourth-order valence-corrected chi connectivity index (χ4v) is 3.21. The summed E-state index contributed by atoms with van der Waals surface area (Å²) in [5.41, 5.74) is 1.71. The fraction of sp³-hybridized carbons (Fsp3) is 0.667. The fourth-order valence-electron chi connectivity index (χ4n) is 3.21. The highest BCUT2D eigenvalue weighted by molar-refractivity contribution is 5.86. The van der Waals surface area contributed by atoms with Crippen molar-refractivity contribution in [2.45, 2.75) is 51.1 Å². The molecule has 6 nitrogen and oxygen atoms in total. The molecule has 0 unspecified atom stereocenters. The van der Waals surface area contributed by atoms with Gasteiger partial charge in [0.05, 0.1) is 11.6 Å². The highest BCUT2D eigenvalue weighted by atomic mass is 16.2. The van der Waals surface area contributed by atoms with E-state index in [-0.39, 0.29) is 23.3 Å². The second-order valence-electron chi connectivity index (χ2n) is 6.57. The van der Waals surface area contributed by atoms with Crippen molar-refractivity contribution in [1.29, 1.82) is 0 Å². The summed E-state index contributed by atoms with van der Waals surface area (Å²) in [5, 5.41) is 7.59. The van der Waals surface area contributed by atoms with Gasteiger partial charge in [-0.25, -0.2) is 0 Å². The SMILES string of the molecule is CC(=O)N1Cc2cn(C)nc2[C@H](C(=O)NC2(C)CCC2)C1. The summed E-state index contributed by atoms with van der Waals surface area (Å²) in [4.78, 5) is 26.1. The molecule has 0 radical (unpaired) electrons. The normalized spacial score (nSPS) is 23.2. The third-order valence-electron chi connectivity index (χ3n) is 4.68. The van der Waals surface area contributed by atoms with Crippen LogP contribution in [-0.2, 0) is 23.2 Å². The van der Waals surface area contributed by atoms with E-state index in [0.717, 1.165) is 30.5 Å². The number of nitrogens with zero attached hydrogens (tertiary/aromatic N) is 3. The smallest absolute Gasteiger partial charge is 0.231 e. The number of hydrogen-bond acceptors (Lipinski definition) is 3. The molecule has 1 saturated carbocycles. The highest BCUT2D eigenvalue weighted by Crippen LogP contribution is 2.33. The predicted molar refractivity (Wildman–Crippen MR) is 77.4 cm³/mol. The quantitative estimate of drug-likeness (QED) is 0.881. The lowest BCUT2D eigenvalue weighted by Crippen LogP contribution is -2.54. The molecular weight excluding hydrogens is 268 g/mol. The largest absolute Gasteiger partial charge is 0.350 e. The minimum atomic E-state index is -0.365. The highest BCUT2D eigenvalue weighted by Gasteiger charge is 2.39. The number of aryl methyl sites for hydroxylation is 1. The van der Waals surface area contributed by atoms with Crippen LogP contribution in [0, 0.1) is 0 Å². The van der Waals surface area contributed by atoms with E-state index in [0.29, 0.717) is 13.1 Å². The summed E-state index contributed by atoms with van der Waals surface area (Å²) in [7, 11) is 1.85. The van der Waals surface area contributed by atoms with Gasteiger partial charge in [0, 0.05) is 44.4 Å². The summed E-state index contributed by atoms with van der Waals surface area (Å²) in [5.74, 6) is -0.378. The van der Waals surface area contributed by atoms with Crippen molar-refractivity contribution in [2.75, 3.05) is 6.54 Å². The van der Waals surface area contributed by atoms with Crippen LogP contribution >= 0.6 is 0 Å². The molecule has 1 N–H and O–H groups in total. The molecule has 114 valence electrons. The number of carbonyl (C=O) groups is 2. The number of hydrogen-bond donors (Lipinski definition) is 1. The lowest BCUT2D eigenvalue weighted by molar-refractivity contribution is -0.132. The first kappa shape index (κ1) is 14.1. The van der Waals surface area contributed by atoms with E-state index in [1.807, 2.05) is 13.2 Å². The second kappa shape index (κ2) is 4.86. The molecule has 1 aliphatic carbocycles. The molecule has 1 aromatic rings. The molecule has 2 heterocycles. The maximum atomic E-state index is 12.6. The molecule has 0 aromatic carbocycles. The molecule has 0 spiro atoms. The maximum Gasteiger partial charge on any atom is 0.231 e. The van der Waals surface area contributed by atoms with Gasteiger partial charge < -0.3 is 10.2 Å². The summed E-state index contributed by atoms with van der Waals surface area (Å²) in [6.45, 7) is 4.59. The Labute approximate surface area is 124 Å². The number of amides is 2. The van der Waals surface area contributed by atoms with E-state index in [2.05, 4.69) is 17.3 Å². The van der Waals surface area contributed by atoms with Crippen LogP contribution in [0.15, 0.2) is 6.20 Å². The zero-order chi connectivity index (χ0) is 15.2. The van der Waals surface area contributed by atoms with E-state index in [9.17, 15) is 9.59 Å². The van der Waals surface area contributed by atoms with Crippen LogP contribution in [0.5, 0.6) is 0 Å². The van der Waals surface area contributed by atoms with Gasteiger partial charge in [0.25, 0.3) is 0 Å². The Kier molecular flexibility index (Phi) is 3.26. The number of nitrogens with one attached hydrogen (secondary N) is 1. The zero-order valence-electron chi connectivity index (χ0n) is 12.8. The molecule has 21 heavy (non-hydrogen) atoms. The van der Waals surface area contributed by atoms with E-state index in [4.69, 9.17) is 0 Å². The van der Waals surface area contributed by atoms with Crippen molar-refractivity contribution in [1.82, 2.24) is 20.0 Å². The van der Waals surface area contributed by atoms with E-state index in [1.165, 1.54) is 0 Å². The molecule has 6 heteroatoms. The van der Waals surface area contributed by atoms with Gasteiger partial charge in [-0.05, 0) is 26.2 Å². The first-order valence-electron chi connectivity index (χ1n) is 7.48. The Morgan fingerprint density at radius 1 is 1.43 bits per heavy atom. The molecule has 2 aliphatic rings. The number of fused-ring (bicyclic) bond motifs is 1. The first-order chi connectivity index (χ1) is 9.88. The maximum absolute atomic E-state index is 12.6. The van der Waals surface area contributed by atoms with Crippen LogP contribution in [0.1, 0.15) is 50.3 Å². The molecular formula is C15H22N4O2. The van der Waals surface area contributed by atoms with Crippen molar-refractivity contribution >= 4 is 11.8 Å². The monoisotopic (exact) mass is 290 g/mol. The van der Waals surface area contributed by atoms with Crippen LogP contribution in [0.3, 0.4) is 0 Å². The van der Waals surface area contributed by atoms with Crippen LogP contribution in [0.2, 0.25) is 0 Å². The lowest BCUT2D eigenvalue weighted by atomic mass is 9.78. The van der Waals surface area contributed by atoms with E-state index >= 15 is 0 Å². The van der Waals surface area contributed by atoms with Crippen LogP contribution in [0.25, 0.3) is 0 Å². The van der Waals surface area contributed by atoms with Crippen molar-refractivity contribution in [2.24, 2.45) is 7.05 Å². The Bertz CT molecular complexity index is 588. The predicted octanol–water partition coefficient (Wildman–Crippen LogP) is 0.925. The summed E-state index contributed by atoms with van der Waals surface area (Å²) >= 11 is 0. The van der Waals surface area contributed by atoms with Crippen LogP contribution < -0.4 is 5.32 Å². The number of rotatable bonds is 2. The zero-order valence-corrected chi connectivity index (χ0v) is 12.8. The van der Waals surface area contributed by atoms with Gasteiger partial charge in [-0.15, -0.1) is 0 Å². The van der Waals surface area contributed by atoms with Crippen LogP contribution in [-0.4, -0.2) is 38.6 Å². The van der Waals surface area contributed by atoms with Crippen molar-refractivity contribution in [3.63, 3.8) is 0 Å². The van der Waals surface area contributed by atoms with Crippen molar-refractivity contribution in [3.05, 3.63) is 17.5 Å². The number of carbonyl (C=O) groups excluding carboxylic acids is 2. The molecule has 1 aromatic heterocycles. The van der Waals surface area contributed by atoms with E-state index in [1.54, 1.807) is 16.5 Å². The average molecular weight is 290 g/mol. The van der Waals surface area contributed by atoms with Gasteiger partial charge >= 0.3 is 0 Å². The minimum absolute atomic E-state index is 0.00263. The standard InChI is InChI=1S/C15H22N4O2/c1-10(20)19-8-11-7-18(3)17-13(11)12(9-19)14(21)16-15(2)5-4-6-15/h7,12H,4-6,8-9H2,1-3H3,(H,16,21)/t12-/m1/s1. The van der Waals surface area contributed by atoms with E-state index < -0.39 is 0 Å². The van der Waals surface area contributed by atoms with Gasteiger partial charge in [0.15, 0.2) is 0 Å². The Morgan fingerprint density at radius 3 is 2.71 bits per heavy atom. The van der Waals surface area contributed by atoms with Gasteiger partial charge in [0.1, 0.15) is 0 Å². The van der Waals surface area contributed by atoms with Gasteiger partial charge in [-0.3, -0.25) is 14.3 Å².